The van der Waals surface area contributed by atoms with E-state index in [4.69, 9.17) is 14.2 Å². The third-order valence-electron chi connectivity index (χ3n) is 4.52. The molecule has 2 aromatic carbocycles. The van der Waals surface area contributed by atoms with Crippen LogP contribution in [0, 0.1) is 0 Å². The van der Waals surface area contributed by atoms with Gasteiger partial charge in [0.2, 0.25) is 0 Å². The van der Waals surface area contributed by atoms with Crippen LogP contribution in [0.4, 0.5) is 0 Å². The van der Waals surface area contributed by atoms with E-state index in [0.29, 0.717) is 40.2 Å². The van der Waals surface area contributed by atoms with Crippen LogP contribution >= 0.6 is 0 Å². The number of imidazole rings is 1. The molecule has 0 saturated heterocycles. The Morgan fingerprint density at radius 3 is 2.68 bits per heavy atom. The van der Waals surface area contributed by atoms with Crippen LogP contribution in [0.3, 0.4) is 0 Å². The first kappa shape index (κ1) is 21.2. The summed E-state index contributed by atoms with van der Waals surface area (Å²) in [6, 6.07) is 16.5. The number of aromatic amines is 1. The van der Waals surface area contributed by atoms with Crippen molar-refractivity contribution in [2.45, 2.75) is 17.9 Å². The van der Waals surface area contributed by atoms with Crippen molar-refractivity contribution >= 4 is 22.3 Å². The standard InChI is InChI=1S/C23H23N3O4S/c1-15(14-28-2)29-18-10-16(22-25-21-8-5-9-24-23(21)26-22)11-19(12-18)30-17-6-4-7-20(13-17)31(3)27/h4-13,15H,14H2,1-3H3,(H,24,25,26)/t15-,31?/m0/s1. The lowest BCUT2D eigenvalue weighted by Gasteiger charge is -2.16. The van der Waals surface area contributed by atoms with E-state index < -0.39 is 11.2 Å². The molecule has 0 radical (unpaired) electrons. The quantitative estimate of drug-likeness (QED) is 0.406. The normalized spacial score (nSPS) is 13.2. The minimum absolute atomic E-state index is 0.142. The predicted molar refractivity (Wildman–Crippen MR) is 120 cm³/mol. The second-order valence-corrected chi connectivity index (χ2v) is 8.44. The molecule has 0 aliphatic rings. The largest absolute Gasteiger partial charge is 0.612 e. The van der Waals surface area contributed by atoms with E-state index in [-0.39, 0.29) is 6.10 Å². The van der Waals surface area contributed by atoms with Crippen LogP contribution in [0.2, 0.25) is 0 Å². The maximum absolute atomic E-state index is 11.8. The number of H-pyrrole nitrogens is 1. The van der Waals surface area contributed by atoms with Crippen LogP contribution in [0.15, 0.2) is 65.7 Å². The van der Waals surface area contributed by atoms with Crippen molar-refractivity contribution < 1.29 is 18.8 Å². The summed E-state index contributed by atoms with van der Waals surface area (Å²) < 4.78 is 29.1. The van der Waals surface area contributed by atoms with Gasteiger partial charge in [-0.3, -0.25) is 0 Å². The van der Waals surface area contributed by atoms with Gasteiger partial charge in [-0.05, 0) is 54.5 Å². The van der Waals surface area contributed by atoms with Gasteiger partial charge in [0.05, 0.1) is 6.61 Å². The molecule has 4 aromatic rings. The number of aromatic nitrogens is 3. The van der Waals surface area contributed by atoms with E-state index in [9.17, 15) is 4.55 Å². The minimum Gasteiger partial charge on any atom is -0.612 e. The van der Waals surface area contributed by atoms with Crippen LogP contribution in [0.1, 0.15) is 6.92 Å². The number of benzene rings is 2. The van der Waals surface area contributed by atoms with E-state index in [2.05, 4.69) is 15.0 Å². The molecular weight excluding hydrogens is 414 g/mol. The number of hydrogen-bond donors (Lipinski definition) is 1. The molecule has 31 heavy (non-hydrogen) atoms. The summed E-state index contributed by atoms with van der Waals surface area (Å²) in [5.74, 6) is 2.45. The Balaban J connectivity index is 1.71. The average Bonchev–Trinajstić information content (AvgIpc) is 3.18. The van der Waals surface area contributed by atoms with Crippen molar-refractivity contribution in [3.8, 4) is 28.6 Å². The monoisotopic (exact) mass is 437 g/mol. The number of ether oxygens (including phenoxy) is 3. The van der Waals surface area contributed by atoms with Gasteiger partial charge in [0.15, 0.2) is 10.5 Å². The Hall–Kier alpha value is -3.07. The van der Waals surface area contributed by atoms with Gasteiger partial charge in [0.1, 0.15) is 40.9 Å². The maximum atomic E-state index is 11.8. The van der Waals surface area contributed by atoms with E-state index in [1.165, 1.54) is 0 Å². The summed E-state index contributed by atoms with van der Waals surface area (Å²) in [6.07, 6.45) is 3.21. The van der Waals surface area contributed by atoms with Crippen molar-refractivity contribution in [1.82, 2.24) is 15.0 Å². The maximum Gasteiger partial charge on any atom is 0.157 e. The summed E-state index contributed by atoms with van der Waals surface area (Å²) in [5.41, 5.74) is 2.28. The van der Waals surface area contributed by atoms with E-state index in [1.807, 2.05) is 55.5 Å². The lowest BCUT2D eigenvalue weighted by Crippen LogP contribution is -2.17. The average molecular weight is 438 g/mol. The molecular formula is C23H23N3O4S. The fourth-order valence-corrected chi connectivity index (χ4v) is 3.72. The molecule has 0 fully saturated rings. The lowest BCUT2D eigenvalue weighted by atomic mass is 10.2. The molecule has 0 bridgehead atoms. The van der Waals surface area contributed by atoms with E-state index in [0.717, 1.165) is 11.1 Å². The van der Waals surface area contributed by atoms with Gasteiger partial charge in [0.25, 0.3) is 0 Å². The molecule has 2 atom stereocenters. The highest BCUT2D eigenvalue weighted by atomic mass is 32.2. The third-order valence-corrected chi connectivity index (χ3v) is 5.44. The highest BCUT2D eigenvalue weighted by Crippen LogP contribution is 2.33. The topological polar surface area (TPSA) is 92.3 Å². The Morgan fingerprint density at radius 2 is 1.90 bits per heavy atom. The number of nitrogens with zero attached hydrogens (tertiary/aromatic N) is 2. The molecule has 0 spiro atoms. The summed E-state index contributed by atoms with van der Waals surface area (Å²) in [4.78, 5) is 12.9. The molecule has 2 heterocycles. The highest BCUT2D eigenvalue weighted by Gasteiger charge is 2.13. The number of nitrogens with one attached hydrogen (secondary N) is 1. The summed E-state index contributed by atoms with van der Waals surface area (Å²) >= 11 is -1.10. The van der Waals surface area contributed by atoms with Crippen molar-refractivity contribution in [3.05, 3.63) is 60.8 Å². The number of hydrogen-bond acceptors (Lipinski definition) is 6. The van der Waals surface area contributed by atoms with Crippen molar-refractivity contribution in [2.24, 2.45) is 0 Å². The van der Waals surface area contributed by atoms with Crippen molar-refractivity contribution in [1.29, 1.82) is 0 Å². The van der Waals surface area contributed by atoms with Crippen LogP contribution in [0.25, 0.3) is 22.6 Å². The van der Waals surface area contributed by atoms with Gasteiger partial charge in [-0.1, -0.05) is 6.07 Å². The Labute approximate surface area is 183 Å². The smallest absolute Gasteiger partial charge is 0.157 e. The second-order valence-electron chi connectivity index (χ2n) is 7.06. The molecule has 0 saturated carbocycles. The zero-order chi connectivity index (χ0) is 21.8. The predicted octanol–water partition coefficient (Wildman–Crippen LogP) is 4.57. The molecule has 0 amide bonds. The molecule has 7 nitrogen and oxygen atoms in total. The van der Waals surface area contributed by atoms with Crippen LogP contribution in [-0.4, -0.2) is 45.6 Å². The minimum atomic E-state index is -1.10. The summed E-state index contributed by atoms with van der Waals surface area (Å²) in [5, 5.41) is 0. The van der Waals surface area contributed by atoms with Gasteiger partial charge >= 0.3 is 0 Å². The number of pyridine rings is 1. The Morgan fingerprint density at radius 1 is 1.06 bits per heavy atom. The summed E-state index contributed by atoms with van der Waals surface area (Å²) in [7, 11) is 1.64. The summed E-state index contributed by atoms with van der Waals surface area (Å²) in [6.45, 7) is 2.39. The lowest BCUT2D eigenvalue weighted by molar-refractivity contribution is 0.0920. The van der Waals surface area contributed by atoms with Gasteiger partial charge in [0, 0.05) is 31.0 Å². The number of fused-ring (bicyclic) bond motifs is 1. The molecule has 0 aliphatic heterocycles. The van der Waals surface area contributed by atoms with E-state index in [1.54, 1.807) is 25.6 Å². The zero-order valence-electron chi connectivity index (χ0n) is 17.5. The van der Waals surface area contributed by atoms with Crippen LogP contribution < -0.4 is 9.47 Å². The first-order chi connectivity index (χ1) is 15.0. The first-order valence-electron chi connectivity index (χ1n) is 9.75. The molecule has 160 valence electrons. The van der Waals surface area contributed by atoms with Crippen LogP contribution in [-0.2, 0) is 15.9 Å². The molecule has 1 unspecified atom stereocenters. The van der Waals surface area contributed by atoms with Crippen molar-refractivity contribution in [2.75, 3.05) is 20.0 Å². The van der Waals surface area contributed by atoms with Gasteiger partial charge in [-0.2, -0.15) is 0 Å². The Kier molecular flexibility index (Phi) is 6.41. The fourth-order valence-electron chi connectivity index (χ4n) is 3.17. The molecule has 4 rings (SSSR count). The third kappa shape index (κ3) is 5.16. The highest BCUT2D eigenvalue weighted by molar-refractivity contribution is 7.90. The molecule has 8 heteroatoms. The molecule has 0 aliphatic carbocycles. The number of methoxy groups -OCH3 is 1. The molecule has 2 aromatic heterocycles. The van der Waals surface area contributed by atoms with E-state index >= 15 is 0 Å². The van der Waals surface area contributed by atoms with Gasteiger partial charge in [-0.25, -0.2) is 9.97 Å². The SMILES string of the molecule is COC[C@H](C)Oc1cc(Oc2cccc([S+](C)[O-])c2)cc(-c2nc3cccnc3[nH]2)c1. The Bertz CT molecular complexity index is 1150. The zero-order valence-corrected chi connectivity index (χ0v) is 18.3. The van der Waals surface area contributed by atoms with Gasteiger partial charge in [-0.15, -0.1) is 0 Å². The van der Waals surface area contributed by atoms with Crippen LogP contribution in [0.5, 0.6) is 17.2 Å². The van der Waals surface area contributed by atoms with Gasteiger partial charge < -0.3 is 23.7 Å². The fraction of sp³-hybridized carbons (Fsp3) is 0.217. The molecule has 1 N–H and O–H groups in total. The number of rotatable bonds is 8. The van der Waals surface area contributed by atoms with Crippen molar-refractivity contribution in [3.63, 3.8) is 0 Å². The second kappa shape index (κ2) is 9.38. The first-order valence-corrected chi connectivity index (χ1v) is 11.3.